The van der Waals surface area contributed by atoms with E-state index in [0.717, 1.165) is 11.1 Å². The first-order chi connectivity index (χ1) is 18.9. The van der Waals surface area contributed by atoms with Crippen molar-refractivity contribution >= 4 is 57.1 Å². The van der Waals surface area contributed by atoms with Gasteiger partial charge in [0.05, 0.1) is 31.0 Å². The molecule has 39 heavy (non-hydrogen) atoms. The van der Waals surface area contributed by atoms with Crippen molar-refractivity contribution in [3.63, 3.8) is 0 Å². The van der Waals surface area contributed by atoms with Crippen LogP contribution in [0.2, 0.25) is 10.2 Å². The van der Waals surface area contributed by atoms with E-state index in [-0.39, 0.29) is 11.1 Å². The van der Waals surface area contributed by atoms with Crippen LogP contribution in [0, 0.1) is 0 Å². The van der Waals surface area contributed by atoms with Gasteiger partial charge in [0.15, 0.2) is 11.5 Å². The van der Waals surface area contributed by atoms with E-state index >= 15 is 0 Å². The summed E-state index contributed by atoms with van der Waals surface area (Å²) in [4.78, 5) is 21.6. The number of fused-ring (bicyclic) bond motifs is 1. The van der Waals surface area contributed by atoms with Crippen molar-refractivity contribution in [1.29, 1.82) is 0 Å². The number of ether oxygens (including phenoxy) is 3. The lowest BCUT2D eigenvalue weighted by atomic mass is 10.1. The number of carbonyl (C=O) groups excluding carboxylic acids is 1. The normalized spacial score (nSPS) is 10.7. The highest BCUT2D eigenvalue weighted by molar-refractivity contribution is 6.30. The SMILES string of the molecule is COc1cc2nccc(Oc3ccc(NC(=O)c4cnc(Cl)cc4Nc4ccc(Cl)cc4)cc3)c2cc1OC. The van der Waals surface area contributed by atoms with Crippen molar-refractivity contribution in [1.82, 2.24) is 9.97 Å². The number of amides is 1. The van der Waals surface area contributed by atoms with Crippen LogP contribution >= 0.6 is 23.2 Å². The largest absolute Gasteiger partial charge is 0.493 e. The van der Waals surface area contributed by atoms with E-state index in [2.05, 4.69) is 20.6 Å². The Morgan fingerprint density at radius 2 is 1.49 bits per heavy atom. The molecule has 1 amide bonds. The molecule has 5 aromatic rings. The minimum Gasteiger partial charge on any atom is -0.493 e. The molecule has 0 aliphatic rings. The summed E-state index contributed by atoms with van der Waals surface area (Å²) >= 11 is 12.1. The van der Waals surface area contributed by atoms with Crippen molar-refractivity contribution in [2.24, 2.45) is 0 Å². The number of methoxy groups -OCH3 is 2. The van der Waals surface area contributed by atoms with Crippen LogP contribution in [0.3, 0.4) is 0 Å². The highest BCUT2D eigenvalue weighted by Crippen LogP contribution is 2.37. The van der Waals surface area contributed by atoms with Crippen molar-refractivity contribution in [2.45, 2.75) is 0 Å². The van der Waals surface area contributed by atoms with Crippen LogP contribution in [-0.2, 0) is 0 Å². The molecule has 0 saturated carbocycles. The number of halogens is 2. The molecule has 196 valence electrons. The molecular formula is C29H22Cl2N4O4. The number of hydrogen-bond acceptors (Lipinski definition) is 7. The smallest absolute Gasteiger partial charge is 0.259 e. The first-order valence-electron chi connectivity index (χ1n) is 11.7. The van der Waals surface area contributed by atoms with Gasteiger partial charge in [0.25, 0.3) is 5.91 Å². The Morgan fingerprint density at radius 3 is 2.21 bits per heavy atom. The minimum atomic E-state index is -0.356. The first-order valence-corrected chi connectivity index (χ1v) is 12.5. The Balaban J connectivity index is 1.33. The van der Waals surface area contributed by atoms with Crippen LogP contribution in [0.4, 0.5) is 17.1 Å². The zero-order chi connectivity index (χ0) is 27.4. The highest BCUT2D eigenvalue weighted by Gasteiger charge is 2.15. The van der Waals surface area contributed by atoms with Gasteiger partial charge in [0.2, 0.25) is 0 Å². The number of nitrogens with zero attached hydrogens (tertiary/aromatic N) is 2. The quantitative estimate of drug-likeness (QED) is 0.187. The summed E-state index contributed by atoms with van der Waals surface area (Å²) in [5.74, 6) is 1.97. The van der Waals surface area contributed by atoms with Crippen LogP contribution in [0.15, 0.2) is 85.2 Å². The second-order valence-electron chi connectivity index (χ2n) is 8.30. The lowest BCUT2D eigenvalue weighted by Gasteiger charge is -2.14. The molecule has 0 fully saturated rings. The number of aromatic nitrogens is 2. The van der Waals surface area contributed by atoms with Gasteiger partial charge in [-0.25, -0.2) is 4.98 Å². The fourth-order valence-corrected chi connectivity index (χ4v) is 4.16. The Bertz CT molecular complexity index is 1640. The standard InChI is InChI=1S/C29H22Cl2N4O4/c1-37-26-13-21-23(14-27(26)38-2)32-12-11-25(21)39-20-9-7-19(8-10-20)35-29(36)22-16-33-28(31)15-24(22)34-18-5-3-17(30)4-6-18/h3-16H,1-2H3,(H,33,34)(H,35,36). The molecule has 0 aliphatic heterocycles. The van der Waals surface area contributed by atoms with Gasteiger partial charge < -0.3 is 24.8 Å². The molecule has 10 heteroatoms. The monoisotopic (exact) mass is 560 g/mol. The number of anilines is 3. The van der Waals surface area contributed by atoms with E-state index in [1.807, 2.05) is 6.07 Å². The molecule has 0 unspecified atom stereocenters. The van der Waals surface area contributed by atoms with Gasteiger partial charge >= 0.3 is 0 Å². The maximum absolute atomic E-state index is 13.1. The van der Waals surface area contributed by atoms with Gasteiger partial charge in [-0.3, -0.25) is 9.78 Å². The number of benzene rings is 3. The maximum Gasteiger partial charge on any atom is 0.259 e. The van der Waals surface area contributed by atoms with Crippen molar-refractivity contribution < 1.29 is 19.0 Å². The third-order valence-electron chi connectivity index (χ3n) is 5.79. The fourth-order valence-electron chi connectivity index (χ4n) is 3.87. The number of rotatable bonds is 8. The van der Waals surface area contributed by atoms with Gasteiger partial charge in [-0.05, 0) is 66.7 Å². The summed E-state index contributed by atoms with van der Waals surface area (Å²) in [6, 6.07) is 21.1. The van der Waals surface area contributed by atoms with Gasteiger partial charge in [0, 0.05) is 40.2 Å². The molecule has 0 atom stereocenters. The Morgan fingerprint density at radius 1 is 0.795 bits per heavy atom. The predicted molar refractivity (Wildman–Crippen MR) is 153 cm³/mol. The number of carbonyl (C=O) groups is 1. The molecular weight excluding hydrogens is 539 g/mol. The second-order valence-corrected chi connectivity index (χ2v) is 9.12. The third kappa shape index (κ3) is 5.98. The summed E-state index contributed by atoms with van der Waals surface area (Å²) in [5, 5.41) is 7.70. The molecule has 0 aliphatic carbocycles. The van der Waals surface area contributed by atoms with Gasteiger partial charge in [0.1, 0.15) is 16.7 Å². The molecule has 5 rings (SSSR count). The topological polar surface area (TPSA) is 94.6 Å². The summed E-state index contributed by atoms with van der Waals surface area (Å²) in [6.45, 7) is 0. The fraction of sp³-hybridized carbons (Fsp3) is 0.0690. The molecule has 0 saturated heterocycles. The summed E-state index contributed by atoms with van der Waals surface area (Å²) in [7, 11) is 3.15. The van der Waals surface area contributed by atoms with Gasteiger partial charge in [-0.15, -0.1) is 0 Å². The summed E-state index contributed by atoms with van der Waals surface area (Å²) in [5.41, 5.74) is 2.85. The van der Waals surface area contributed by atoms with Crippen molar-refractivity contribution in [3.05, 3.63) is 101 Å². The second kappa shape index (κ2) is 11.5. The lowest BCUT2D eigenvalue weighted by Crippen LogP contribution is -2.14. The van der Waals surface area contributed by atoms with Crippen LogP contribution in [0.1, 0.15) is 10.4 Å². The molecule has 0 spiro atoms. The van der Waals surface area contributed by atoms with E-state index in [1.165, 1.54) is 6.20 Å². The first kappa shape index (κ1) is 26.1. The third-order valence-corrected chi connectivity index (χ3v) is 6.24. The van der Waals surface area contributed by atoms with E-state index in [4.69, 9.17) is 37.4 Å². The summed E-state index contributed by atoms with van der Waals surface area (Å²) in [6.07, 6.45) is 3.08. The molecule has 2 heterocycles. The van der Waals surface area contributed by atoms with Gasteiger partial charge in [-0.2, -0.15) is 0 Å². The maximum atomic E-state index is 13.1. The molecule has 0 radical (unpaired) electrons. The molecule has 3 aromatic carbocycles. The lowest BCUT2D eigenvalue weighted by molar-refractivity contribution is 0.102. The molecule has 0 bridgehead atoms. The van der Waals surface area contributed by atoms with E-state index in [0.29, 0.717) is 50.5 Å². The summed E-state index contributed by atoms with van der Waals surface area (Å²) < 4.78 is 16.9. The predicted octanol–water partition coefficient (Wildman–Crippen LogP) is 7.74. The number of pyridine rings is 2. The van der Waals surface area contributed by atoms with E-state index in [9.17, 15) is 4.79 Å². The van der Waals surface area contributed by atoms with Gasteiger partial charge in [-0.1, -0.05) is 23.2 Å². The number of nitrogens with one attached hydrogen (secondary N) is 2. The Kier molecular flexibility index (Phi) is 7.67. The van der Waals surface area contributed by atoms with Crippen molar-refractivity contribution in [3.8, 4) is 23.0 Å². The zero-order valence-corrected chi connectivity index (χ0v) is 22.4. The molecule has 2 N–H and O–H groups in total. The average Bonchev–Trinajstić information content (AvgIpc) is 2.94. The van der Waals surface area contributed by atoms with Crippen LogP contribution in [-0.4, -0.2) is 30.1 Å². The average molecular weight is 561 g/mol. The zero-order valence-electron chi connectivity index (χ0n) is 20.9. The van der Waals surface area contributed by atoms with E-state index < -0.39 is 0 Å². The van der Waals surface area contributed by atoms with Crippen LogP contribution in [0.5, 0.6) is 23.0 Å². The molecule has 8 nitrogen and oxygen atoms in total. The van der Waals surface area contributed by atoms with Crippen molar-refractivity contribution in [2.75, 3.05) is 24.9 Å². The molecule has 2 aromatic heterocycles. The van der Waals surface area contributed by atoms with E-state index in [1.54, 1.807) is 87.1 Å². The minimum absolute atomic E-state index is 0.254. The highest BCUT2D eigenvalue weighted by atomic mass is 35.5. The van der Waals surface area contributed by atoms with Crippen LogP contribution < -0.4 is 24.8 Å². The Labute approximate surface area is 234 Å². The number of hydrogen-bond donors (Lipinski definition) is 2. The Hall–Kier alpha value is -4.53. The van der Waals surface area contributed by atoms with Crippen LogP contribution in [0.25, 0.3) is 10.9 Å².